The van der Waals surface area contributed by atoms with Gasteiger partial charge in [0, 0.05) is 12.3 Å². The second-order valence-corrected chi connectivity index (χ2v) is 9.37. The van der Waals surface area contributed by atoms with Crippen LogP contribution in [0.5, 0.6) is 0 Å². The molecule has 0 aromatic heterocycles. The Bertz CT molecular complexity index is 819. The molecule has 0 aliphatic heterocycles. The molecule has 1 aromatic rings. The zero-order valence-corrected chi connectivity index (χ0v) is 16.9. The Balaban J connectivity index is 1.77. The average molecular weight is 410 g/mol. The van der Waals surface area contributed by atoms with Crippen molar-refractivity contribution in [2.75, 3.05) is 12.9 Å². The van der Waals surface area contributed by atoms with Gasteiger partial charge in [-0.2, -0.15) is 0 Å². The van der Waals surface area contributed by atoms with Gasteiger partial charge in [0.25, 0.3) is 5.91 Å². The van der Waals surface area contributed by atoms with E-state index < -0.39 is 34.4 Å². The van der Waals surface area contributed by atoms with E-state index in [-0.39, 0.29) is 17.4 Å². The Kier molecular flexibility index (Phi) is 7.56. The summed E-state index contributed by atoms with van der Waals surface area (Å²) in [4.78, 5) is 35.7. The Morgan fingerprint density at radius 3 is 2.36 bits per heavy atom. The Morgan fingerprint density at radius 2 is 1.75 bits per heavy atom. The highest BCUT2D eigenvalue weighted by Gasteiger charge is 2.23. The third-order valence-electron chi connectivity index (χ3n) is 4.63. The Labute approximate surface area is 164 Å². The summed E-state index contributed by atoms with van der Waals surface area (Å²) >= 11 is 0. The van der Waals surface area contributed by atoms with Crippen LogP contribution in [0.15, 0.2) is 24.3 Å². The summed E-state index contributed by atoms with van der Waals surface area (Å²) in [7, 11) is -3.16. The molecule has 1 saturated carbocycles. The zero-order chi connectivity index (χ0) is 20.7. The van der Waals surface area contributed by atoms with Crippen molar-refractivity contribution in [1.82, 2.24) is 10.6 Å². The number of rotatable bonds is 6. The van der Waals surface area contributed by atoms with E-state index in [4.69, 9.17) is 4.74 Å². The van der Waals surface area contributed by atoms with Gasteiger partial charge in [0.05, 0.1) is 11.3 Å². The molecule has 2 rings (SSSR count). The number of ether oxygens (including phenoxy) is 1. The highest BCUT2D eigenvalue weighted by molar-refractivity contribution is 7.89. The van der Waals surface area contributed by atoms with E-state index in [9.17, 15) is 22.8 Å². The fourth-order valence-electron chi connectivity index (χ4n) is 3.15. The second kappa shape index (κ2) is 9.68. The second-order valence-electron chi connectivity index (χ2n) is 7.23. The average Bonchev–Trinajstić information content (AvgIpc) is 2.61. The number of nitrogens with one attached hydrogen (secondary N) is 2. The van der Waals surface area contributed by atoms with Crippen molar-refractivity contribution in [2.45, 2.75) is 44.4 Å². The van der Waals surface area contributed by atoms with E-state index in [0.717, 1.165) is 31.9 Å². The van der Waals surface area contributed by atoms with Gasteiger partial charge in [0.2, 0.25) is 0 Å². The van der Waals surface area contributed by atoms with Gasteiger partial charge in [0.1, 0.15) is 0 Å². The van der Waals surface area contributed by atoms with E-state index >= 15 is 0 Å². The van der Waals surface area contributed by atoms with E-state index in [1.54, 1.807) is 0 Å². The summed E-state index contributed by atoms with van der Waals surface area (Å²) in [6.45, 7) is 1.48. The SMILES string of the molecule is C[C@@H]1CCCC[C@@H]1NC(=O)NC(=O)COC(=O)c1ccc(CS(C)(=O)=O)cc1. The molecule has 1 fully saturated rings. The Morgan fingerprint density at radius 1 is 1.11 bits per heavy atom. The number of hydrogen-bond acceptors (Lipinski definition) is 6. The van der Waals surface area contributed by atoms with E-state index in [2.05, 4.69) is 17.6 Å². The molecule has 0 saturated heterocycles. The highest BCUT2D eigenvalue weighted by Crippen LogP contribution is 2.23. The van der Waals surface area contributed by atoms with E-state index in [1.807, 2.05) is 0 Å². The molecular weight excluding hydrogens is 384 g/mol. The van der Waals surface area contributed by atoms with Gasteiger partial charge in [-0.15, -0.1) is 0 Å². The van der Waals surface area contributed by atoms with Crippen molar-refractivity contribution in [3.8, 4) is 0 Å². The lowest BCUT2D eigenvalue weighted by atomic mass is 9.86. The van der Waals surface area contributed by atoms with E-state index in [1.165, 1.54) is 24.3 Å². The van der Waals surface area contributed by atoms with E-state index in [0.29, 0.717) is 11.5 Å². The van der Waals surface area contributed by atoms with Crippen molar-refractivity contribution in [2.24, 2.45) is 5.92 Å². The van der Waals surface area contributed by atoms with Crippen LogP contribution in [0.3, 0.4) is 0 Å². The van der Waals surface area contributed by atoms with Gasteiger partial charge < -0.3 is 10.1 Å². The van der Waals surface area contributed by atoms with Crippen molar-refractivity contribution in [3.63, 3.8) is 0 Å². The van der Waals surface area contributed by atoms with Crippen LogP contribution in [-0.2, 0) is 25.1 Å². The number of carbonyl (C=O) groups is 3. The van der Waals surface area contributed by atoms with Crippen LogP contribution in [0.25, 0.3) is 0 Å². The van der Waals surface area contributed by atoms with Crippen molar-refractivity contribution in [1.29, 1.82) is 0 Å². The van der Waals surface area contributed by atoms with Crippen LogP contribution in [0, 0.1) is 5.92 Å². The molecule has 0 heterocycles. The minimum absolute atomic E-state index is 0.0366. The molecule has 154 valence electrons. The summed E-state index contributed by atoms with van der Waals surface area (Å²) < 4.78 is 27.4. The molecule has 0 spiro atoms. The topological polar surface area (TPSA) is 119 Å². The minimum Gasteiger partial charge on any atom is -0.452 e. The lowest BCUT2D eigenvalue weighted by molar-refractivity contribution is -0.123. The Hall–Kier alpha value is -2.42. The van der Waals surface area contributed by atoms with Gasteiger partial charge in [-0.25, -0.2) is 18.0 Å². The number of benzene rings is 1. The van der Waals surface area contributed by atoms with Crippen LogP contribution in [0.1, 0.15) is 48.5 Å². The highest BCUT2D eigenvalue weighted by atomic mass is 32.2. The van der Waals surface area contributed by atoms with Gasteiger partial charge in [0.15, 0.2) is 16.4 Å². The van der Waals surface area contributed by atoms with Crippen LogP contribution in [-0.4, -0.2) is 45.2 Å². The quantitative estimate of drug-likeness (QED) is 0.690. The third-order valence-corrected chi connectivity index (χ3v) is 5.49. The monoisotopic (exact) mass is 410 g/mol. The lowest BCUT2D eigenvalue weighted by Gasteiger charge is -2.29. The van der Waals surface area contributed by atoms with Crippen molar-refractivity contribution < 1.29 is 27.5 Å². The fourth-order valence-corrected chi connectivity index (χ4v) is 3.95. The largest absolute Gasteiger partial charge is 0.452 e. The van der Waals surface area contributed by atoms with Gasteiger partial charge in [-0.05, 0) is 36.5 Å². The predicted molar refractivity (Wildman–Crippen MR) is 103 cm³/mol. The lowest BCUT2D eigenvalue weighted by Crippen LogP contribution is -2.48. The molecule has 9 heteroatoms. The number of sulfone groups is 1. The molecule has 1 aliphatic rings. The standard InChI is InChI=1S/C19H26N2O6S/c1-13-5-3-4-6-16(13)20-19(24)21-17(22)11-27-18(23)15-9-7-14(8-10-15)12-28(2,25)26/h7-10,13,16H,3-6,11-12H2,1-2H3,(H2,20,21,22,24)/t13-,16+/m1/s1. The molecule has 1 aromatic carbocycles. The maximum Gasteiger partial charge on any atom is 0.338 e. The summed E-state index contributed by atoms with van der Waals surface area (Å²) in [5, 5.41) is 4.94. The first-order valence-corrected chi connectivity index (χ1v) is 11.2. The smallest absolute Gasteiger partial charge is 0.338 e. The molecule has 0 bridgehead atoms. The van der Waals surface area contributed by atoms with Crippen molar-refractivity contribution >= 4 is 27.7 Å². The number of amides is 3. The number of esters is 1. The first kappa shape index (κ1) is 21.9. The van der Waals surface area contributed by atoms with Crippen LogP contribution in [0.4, 0.5) is 4.79 Å². The summed E-state index contributed by atoms with van der Waals surface area (Å²) in [6, 6.07) is 5.32. The molecule has 8 nitrogen and oxygen atoms in total. The van der Waals surface area contributed by atoms with Crippen LogP contribution >= 0.6 is 0 Å². The number of urea groups is 1. The zero-order valence-electron chi connectivity index (χ0n) is 16.1. The fraction of sp³-hybridized carbons (Fsp3) is 0.526. The maximum absolute atomic E-state index is 12.0. The molecule has 3 amide bonds. The normalized spacial score (nSPS) is 19.5. The van der Waals surface area contributed by atoms with Gasteiger partial charge in [-0.3, -0.25) is 10.1 Å². The maximum atomic E-state index is 12.0. The summed E-state index contributed by atoms with van der Waals surface area (Å²) in [5.74, 6) is -1.22. The number of hydrogen-bond donors (Lipinski definition) is 2. The summed E-state index contributed by atoms with van der Waals surface area (Å²) in [6.07, 6.45) is 5.24. The first-order valence-electron chi connectivity index (χ1n) is 9.18. The molecular formula is C19H26N2O6S. The third kappa shape index (κ3) is 7.30. The molecule has 2 atom stereocenters. The molecule has 1 aliphatic carbocycles. The van der Waals surface area contributed by atoms with Crippen molar-refractivity contribution in [3.05, 3.63) is 35.4 Å². The molecule has 2 N–H and O–H groups in total. The number of carbonyl (C=O) groups excluding carboxylic acids is 3. The van der Waals surface area contributed by atoms with Crippen LogP contribution < -0.4 is 10.6 Å². The molecule has 28 heavy (non-hydrogen) atoms. The summed E-state index contributed by atoms with van der Waals surface area (Å²) in [5.41, 5.74) is 0.732. The number of imide groups is 1. The van der Waals surface area contributed by atoms with Crippen LogP contribution in [0.2, 0.25) is 0 Å². The van der Waals surface area contributed by atoms with Gasteiger partial charge >= 0.3 is 12.0 Å². The first-order chi connectivity index (χ1) is 13.1. The molecule has 0 unspecified atom stereocenters. The van der Waals surface area contributed by atoms with Gasteiger partial charge in [-0.1, -0.05) is 31.9 Å². The minimum atomic E-state index is -3.16. The predicted octanol–water partition coefficient (Wildman–Crippen LogP) is 1.79. The molecule has 0 radical (unpaired) electrons.